The minimum Gasteiger partial charge on any atom is -0.199 e. The van der Waals surface area contributed by atoms with Gasteiger partial charge in [-0.3, -0.25) is 0 Å². The molecule has 0 fully saturated rings. The first kappa shape index (κ1) is 30.1. The zero-order chi connectivity index (χ0) is 10.8. The van der Waals surface area contributed by atoms with Crippen molar-refractivity contribution in [2.75, 3.05) is 0 Å². The summed E-state index contributed by atoms with van der Waals surface area (Å²) < 4.78 is 0. The number of nitrogens with zero attached hydrogens (tertiary/aromatic N) is 4. The molecule has 4 nitrogen and oxygen atoms in total. The summed E-state index contributed by atoms with van der Waals surface area (Å²) in [5.41, 5.74) is 0. The smallest absolute Gasteiger partial charge is 0.0587 e. The van der Waals surface area contributed by atoms with Crippen LogP contribution >= 0.6 is 0 Å². The number of rotatable bonds is 0. The molecule has 0 radical (unpaired) electrons. The maximum atomic E-state index is 7.32. The Morgan fingerprint density at radius 3 is 0.538 bits per heavy atom. The van der Waals surface area contributed by atoms with E-state index in [-0.39, 0.29) is 16.5 Å². The third kappa shape index (κ3) is 312. The first-order chi connectivity index (χ1) is 5.66. The van der Waals surface area contributed by atoms with Crippen molar-refractivity contribution in [3.8, 4) is 24.3 Å². The molecule has 0 aromatic rings. The number of hydrogen-bond donors (Lipinski definition) is 0. The molecule has 0 aliphatic rings. The third-order valence-electron chi connectivity index (χ3n) is 0. The Balaban J connectivity index is -0.0000000213. The number of nitriles is 4. The van der Waals surface area contributed by atoms with Crippen LogP contribution in [0.15, 0.2) is 0 Å². The van der Waals surface area contributed by atoms with Crippen molar-refractivity contribution < 1.29 is 16.5 Å². The van der Waals surface area contributed by atoms with E-state index in [2.05, 4.69) is 0 Å². The zero-order valence-electron chi connectivity index (χ0n) is 8.11. The van der Waals surface area contributed by atoms with Crippen LogP contribution in [-0.4, -0.2) is 0 Å². The van der Waals surface area contributed by atoms with Crippen molar-refractivity contribution in [3.05, 3.63) is 0 Å². The van der Waals surface area contributed by atoms with Crippen molar-refractivity contribution in [2.45, 2.75) is 27.7 Å². The van der Waals surface area contributed by atoms with Gasteiger partial charge < -0.3 is 0 Å². The molecule has 0 spiro atoms. The maximum absolute atomic E-state index is 7.32. The Kier molecular flexibility index (Phi) is 359. The van der Waals surface area contributed by atoms with Gasteiger partial charge in [-0.05, 0) is 0 Å². The molecule has 0 rings (SSSR count). The Morgan fingerprint density at radius 2 is 0.538 bits per heavy atom. The van der Waals surface area contributed by atoms with Crippen molar-refractivity contribution in [3.63, 3.8) is 0 Å². The van der Waals surface area contributed by atoms with Gasteiger partial charge in [0.1, 0.15) is 0 Å². The molecule has 0 saturated heterocycles. The van der Waals surface area contributed by atoms with Crippen LogP contribution in [0, 0.1) is 45.3 Å². The minimum absolute atomic E-state index is 0. The van der Waals surface area contributed by atoms with Gasteiger partial charge in [-0.15, -0.1) is 0 Å². The van der Waals surface area contributed by atoms with Gasteiger partial charge in [-0.2, -0.15) is 21.0 Å². The summed E-state index contributed by atoms with van der Waals surface area (Å²) in [5, 5.41) is 29.3. The molecule has 0 unspecified atom stereocenters. The van der Waals surface area contributed by atoms with Gasteiger partial charge >= 0.3 is 0 Å². The average molecular weight is 223 g/mol. The molecule has 0 aliphatic heterocycles. The topological polar surface area (TPSA) is 95.2 Å². The van der Waals surface area contributed by atoms with Gasteiger partial charge in [0.05, 0.1) is 24.3 Å². The van der Waals surface area contributed by atoms with Gasteiger partial charge in [-0.1, -0.05) is 0 Å². The monoisotopic (exact) mass is 222 g/mol. The molecule has 0 aromatic carbocycles. The van der Waals surface area contributed by atoms with Crippen LogP contribution in [0.5, 0.6) is 0 Å². The van der Waals surface area contributed by atoms with E-state index in [9.17, 15) is 0 Å². The Bertz CT molecular complexity index is 150. The van der Waals surface area contributed by atoms with Gasteiger partial charge in [0.2, 0.25) is 0 Å². The fourth-order valence-corrected chi connectivity index (χ4v) is 0. The predicted molar refractivity (Wildman–Crippen MR) is 45.1 cm³/mol. The average Bonchev–Trinajstić information content (AvgIpc) is 1.92. The second kappa shape index (κ2) is 155. The molecular weight excluding hydrogens is 211 g/mol. The number of hydrogen-bond acceptors (Lipinski definition) is 4. The van der Waals surface area contributed by atoms with Gasteiger partial charge in [0, 0.05) is 44.2 Å². The van der Waals surface area contributed by atoms with E-state index in [1.165, 1.54) is 27.7 Å². The largest absolute Gasteiger partial charge is 0.199 e. The molecular formula is C8H12N4Ni. The van der Waals surface area contributed by atoms with Crippen molar-refractivity contribution in [1.82, 2.24) is 0 Å². The summed E-state index contributed by atoms with van der Waals surface area (Å²) in [5.74, 6) is 0. The molecule has 0 N–H and O–H groups in total. The normalized spacial score (nSPS) is 2.46. The quantitative estimate of drug-likeness (QED) is 0.587. The van der Waals surface area contributed by atoms with Crippen molar-refractivity contribution in [1.29, 1.82) is 21.0 Å². The minimum atomic E-state index is 0. The van der Waals surface area contributed by atoms with E-state index < -0.39 is 0 Å². The van der Waals surface area contributed by atoms with Gasteiger partial charge in [0.25, 0.3) is 0 Å². The van der Waals surface area contributed by atoms with E-state index in [0.717, 1.165) is 0 Å². The molecule has 0 bridgehead atoms. The fourth-order valence-electron chi connectivity index (χ4n) is 0. The maximum Gasteiger partial charge on any atom is 0.0587 e. The fraction of sp³-hybridized carbons (Fsp3) is 0.500. The Morgan fingerprint density at radius 1 is 0.538 bits per heavy atom. The summed E-state index contributed by atoms with van der Waals surface area (Å²) in [6.45, 7) is 5.72. The summed E-state index contributed by atoms with van der Waals surface area (Å²) in [6, 6.07) is 7.00. The van der Waals surface area contributed by atoms with E-state index in [0.29, 0.717) is 0 Å². The van der Waals surface area contributed by atoms with Crippen LogP contribution in [0.25, 0.3) is 0 Å². The Labute approximate surface area is 89.9 Å². The first-order valence-electron chi connectivity index (χ1n) is 2.89. The predicted octanol–water partition coefficient (Wildman–Crippen LogP) is 2.12. The van der Waals surface area contributed by atoms with E-state index in [1.807, 2.05) is 0 Å². The van der Waals surface area contributed by atoms with E-state index in [4.69, 9.17) is 21.0 Å². The second-order valence-electron chi connectivity index (χ2n) is 0.894. The van der Waals surface area contributed by atoms with Gasteiger partial charge in [0.15, 0.2) is 0 Å². The zero-order valence-corrected chi connectivity index (χ0v) is 9.09. The third-order valence-corrected chi connectivity index (χ3v) is 0. The standard InChI is InChI=1S/4C2H3N.Ni/c4*1-2-3;/h4*1H3;. The van der Waals surface area contributed by atoms with Crippen LogP contribution in [0.4, 0.5) is 0 Å². The van der Waals surface area contributed by atoms with Crippen LogP contribution in [-0.2, 0) is 16.5 Å². The van der Waals surface area contributed by atoms with Gasteiger partial charge in [-0.25, -0.2) is 0 Å². The first-order valence-corrected chi connectivity index (χ1v) is 2.89. The summed E-state index contributed by atoms with van der Waals surface area (Å²) in [4.78, 5) is 0. The van der Waals surface area contributed by atoms with Crippen LogP contribution in [0.1, 0.15) is 27.7 Å². The molecule has 5 heteroatoms. The molecule has 0 aliphatic carbocycles. The molecule has 0 aromatic heterocycles. The van der Waals surface area contributed by atoms with Crippen LogP contribution in [0.2, 0.25) is 0 Å². The summed E-state index contributed by atoms with van der Waals surface area (Å²) in [6.07, 6.45) is 0. The van der Waals surface area contributed by atoms with Crippen molar-refractivity contribution >= 4 is 0 Å². The van der Waals surface area contributed by atoms with E-state index in [1.54, 1.807) is 24.3 Å². The molecule has 13 heavy (non-hydrogen) atoms. The van der Waals surface area contributed by atoms with Crippen LogP contribution < -0.4 is 0 Å². The SMILES string of the molecule is CC#N.CC#N.CC#N.CC#N.[Ni]. The molecule has 0 amide bonds. The molecule has 0 saturated carbocycles. The van der Waals surface area contributed by atoms with Crippen molar-refractivity contribution in [2.24, 2.45) is 0 Å². The second-order valence-corrected chi connectivity index (χ2v) is 0.894. The molecule has 0 atom stereocenters. The molecule has 0 heterocycles. The van der Waals surface area contributed by atoms with E-state index >= 15 is 0 Å². The summed E-state index contributed by atoms with van der Waals surface area (Å²) in [7, 11) is 0. The summed E-state index contributed by atoms with van der Waals surface area (Å²) >= 11 is 0. The van der Waals surface area contributed by atoms with Crippen LogP contribution in [0.3, 0.4) is 0 Å². The molecule has 74 valence electrons. The Hall–Kier alpha value is -1.55.